The summed E-state index contributed by atoms with van der Waals surface area (Å²) in [5.74, 6) is 1.55. The van der Waals surface area contributed by atoms with E-state index in [0.717, 1.165) is 35.5 Å². The molecule has 0 aliphatic heterocycles. The van der Waals surface area contributed by atoms with Gasteiger partial charge in [-0.05, 0) is 25.5 Å². The Morgan fingerprint density at radius 2 is 2.24 bits per heavy atom. The lowest BCUT2D eigenvalue weighted by Crippen LogP contribution is -2.09. The van der Waals surface area contributed by atoms with Gasteiger partial charge in [0, 0.05) is 37.4 Å². The zero-order valence-electron chi connectivity index (χ0n) is 12.1. The van der Waals surface area contributed by atoms with Gasteiger partial charge in [0.25, 0.3) is 0 Å². The molecular weight excluding hydrogens is 284 g/mol. The number of aryl methyl sites for hydroxylation is 2. The number of rotatable bonds is 6. The van der Waals surface area contributed by atoms with Crippen LogP contribution in [0.1, 0.15) is 11.3 Å². The second-order valence-corrected chi connectivity index (χ2v) is 6.01. The SMILES string of the molecule is CNc1nc(NCCCn2cccn2)c2cc(C)sc2n1. The van der Waals surface area contributed by atoms with E-state index in [1.165, 1.54) is 4.88 Å². The Morgan fingerprint density at radius 3 is 3.00 bits per heavy atom. The van der Waals surface area contributed by atoms with E-state index in [1.807, 2.05) is 24.0 Å². The highest BCUT2D eigenvalue weighted by molar-refractivity contribution is 7.18. The highest BCUT2D eigenvalue weighted by Gasteiger charge is 2.09. The van der Waals surface area contributed by atoms with Crippen molar-refractivity contribution in [1.82, 2.24) is 19.7 Å². The summed E-state index contributed by atoms with van der Waals surface area (Å²) >= 11 is 1.69. The third kappa shape index (κ3) is 3.13. The highest BCUT2D eigenvalue weighted by Crippen LogP contribution is 2.29. The second kappa shape index (κ2) is 6.09. The maximum atomic E-state index is 4.52. The van der Waals surface area contributed by atoms with E-state index in [-0.39, 0.29) is 0 Å². The van der Waals surface area contributed by atoms with Crippen LogP contribution in [0.3, 0.4) is 0 Å². The third-order valence-corrected chi connectivity index (χ3v) is 4.10. The number of anilines is 2. The molecule has 0 unspecified atom stereocenters. The smallest absolute Gasteiger partial charge is 0.225 e. The zero-order chi connectivity index (χ0) is 14.7. The number of aromatic nitrogens is 4. The molecular formula is C14H18N6S. The van der Waals surface area contributed by atoms with E-state index in [2.05, 4.69) is 38.7 Å². The summed E-state index contributed by atoms with van der Waals surface area (Å²) in [4.78, 5) is 11.3. The average molecular weight is 302 g/mol. The lowest BCUT2D eigenvalue weighted by Gasteiger charge is -2.08. The van der Waals surface area contributed by atoms with Crippen LogP contribution in [0, 0.1) is 6.92 Å². The van der Waals surface area contributed by atoms with Crippen molar-refractivity contribution in [3.05, 3.63) is 29.4 Å². The van der Waals surface area contributed by atoms with Crippen LogP contribution in [-0.2, 0) is 6.54 Å². The van der Waals surface area contributed by atoms with Crippen molar-refractivity contribution >= 4 is 33.3 Å². The van der Waals surface area contributed by atoms with Gasteiger partial charge >= 0.3 is 0 Å². The molecule has 0 atom stereocenters. The largest absolute Gasteiger partial charge is 0.369 e. The van der Waals surface area contributed by atoms with Crippen molar-refractivity contribution in [3.8, 4) is 0 Å². The quantitative estimate of drug-likeness (QED) is 0.685. The van der Waals surface area contributed by atoms with Gasteiger partial charge in [-0.2, -0.15) is 10.1 Å². The van der Waals surface area contributed by atoms with Crippen molar-refractivity contribution in [3.63, 3.8) is 0 Å². The van der Waals surface area contributed by atoms with Crippen molar-refractivity contribution < 1.29 is 0 Å². The fourth-order valence-corrected chi connectivity index (χ4v) is 3.05. The maximum Gasteiger partial charge on any atom is 0.225 e. The number of thiophene rings is 1. The van der Waals surface area contributed by atoms with Crippen molar-refractivity contribution in [2.24, 2.45) is 0 Å². The van der Waals surface area contributed by atoms with Crippen LogP contribution in [0.25, 0.3) is 10.2 Å². The minimum Gasteiger partial charge on any atom is -0.369 e. The summed E-state index contributed by atoms with van der Waals surface area (Å²) in [5, 5.41) is 11.7. The Bertz CT molecular complexity index is 718. The van der Waals surface area contributed by atoms with Gasteiger partial charge in [-0.3, -0.25) is 4.68 Å². The van der Waals surface area contributed by atoms with Crippen LogP contribution in [0.4, 0.5) is 11.8 Å². The predicted molar refractivity (Wildman–Crippen MR) is 87.0 cm³/mol. The molecule has 0 saturated carbocycles. The number of fused-ring (bicyclic) bond motifs is 1. The number of nitrogens with zero attached hydrogens (tertiary/aromatic N) is 4. The summed E-state index contributed by atoms with van der Waals surface area (Å²) < 4.78 is 1.94. The fourth-order valence-electron chi connectivity index (χ4n) is 2.17. The van der Waals surface area contributed by atoms with Crippen LogP contribution in [0.2, 0.25) is 0 Å². The molecule has 3 rings (SSSR count). The second-order valence-electron chi connectivity index (χ2n) is 4.77. The van der Waals surface area contributed by atoms with E-state index >= 15 is 0 Å². The van der Waals surface area contributed by atoms with Crippen LogP contribution in [0.15, 0.2) is 24.5 Å². The lowest BCUT2D eigenvalue weighted by atomic mass is 10.3. The first-order valence-electron chi connectivity index (χ1n) is 6.93. The van der Waals surface area contributed by atoms with E-state index in [0.29, 0.717) is 5.95 Å². The summed E-state index contributed by atoms with van der Waals surface area (Å²) in [5.41, 5.74) is 0. The highest BCUT2D eigenvalue weighted by atomic mass is 32.1. The van der Waals surface area contributed by atoms with Gasteiger partial charge in [0.05, 0.1) is 5.39 Å². The number of hydrogen-bond acceptors (Lipinski definition) is 6. The minimum absolute atomic E-state index is 0.652. The Hall–Kier alpha value is -2.15. The van der Waals surface area contributed by atoms with Crippen LogP contribution >= 0.6 is 11.3 Å². The van der Waals surface area contributed by atoms with Crippen LogP contribution in [-0.4, -0.2) is 33.3 Å². The van der Waals surface area contributed by atoms with Gasteiger partial charge < -0.3 is 10.6 Å². The van der Waals surface area contributed by atoms with Gasteiger partial charge in [-0.25, -0.2) is 4.98 Å². The number of nitrogens with one attached hydrogen (secondary N) is 2. The molecule has 0 bridgehead atoms. The average Bonchev–Trinajstić information content (AvgIpc) is 3.11. The van der Waals surface area contributed by atoms with Gasteiger partial charge in [-0.15, -0.1) is 11.3 Å². The van der Waals surface area contributed by atoms with Gasteiger partial charge in [0.15, 0.2) is 0 Å². The molecule has 21 heavy (non-hydrogen) atoms. The first-order chi connectivity index (χ1) is 10.3. The summed E-state index contributed by atoms with van der Waals surface area (Å²) in [6.45, 7) is 3.84. The maximum absolute atomic E-state index is 4.52. The molecule has 0 amide bonds. The van der Waals surface area contributed by atoms with Gasteiger partial charge in [0.2, 0.25) is 5.95 Å². The van der Waals surface area contributed by atoms with Crippen LogP contribution < -0.4 is 10.6 Å². The molecule has 110 valence electrons. The lowest BCUT2D eigenvalue weighted by molar-refractivity contribution is 0.591. The number of hydrogen-bond donors (Lipinski definition) is 2. The summed E-state index contributed by atoms with van der Waals surface area (Å²) in [6, 6.07) is 4.07. The van der Waals surface area contributed by atoms with Gasteiger partial charge in [-0.1, -0.05) is 0 Å². The first-order valence-corrected chi connectivity index (χ1v) is 7.75. The molecule has 3 heterocycles. The van der Waals surface area contributed by atoms with Crippen LogP contribution in [0.5, 0.6) is 0 Å². The van der Waals surface area contributed by atoms with Crippen molar-refractivity contribution in [1.29, 1.82) is 0 Å². The molecule has 7 heteroatoms. The Labute approximate surface area is 127 Å². The molecule has 0 aliphatic carbocycles. The molecule has 6 nitrogen and oxygen atoms in total. The summed E-state index contributed by atoms with van der Waals surface area (Å²) in [7, 11) is 1.84. The molecule has 0 saturated heterocycles. The third-order valence-electron chi connectivity index (χ3n) is 3.16. The van der Waals surface area contributed by atoms with Crippen molar-refractivity contribution in [2.45, 2.75) is 19.9 Å². The molecule has 0 radical (unpaired) electrons. The van der Waals surface area contributed by atoms with E-state index in [4.69, 9.17) is 0 Å². The molecule has 3 aromatic rings. The Kier molecular flexibility index (Phi) is 4.01. The molecule has 2 N–H and O–H groups in total. The monoisotopic (exact) mass is 302 g/mol. The molecule has 0 aliphatic rings. The predicted octanol–water partition coefficient (Wildman–Crippen LogP) is 2.74. The Morgan fingerprint density at radius 1 is 1.33 bits per heavy atom. The Balaban J connectivity index is 1.70. The molecule has 3 aromatic heterocycles. The minimum atomic E-state index is 0.652. The molecule has 0 spiro atoms. The van der Waals surface area contributed by atoms with E-state index in [1.54, 1.807) is 17.5 Å². The summed E-state index contributed by atoms with van der Waals surface area (Å²) in [6.07, 6.45) is 4.77. The van der Waals surface area contributed by atoms with E-state index in [9.17, 15) is 0 Å². The standard InChI is InChI=1S/C14H18N6S/c1-10-9-11-12(18-14(15-2)19-13(11)21-10)16-5-3-7-20-8-4-6-17-20/h4,6,8-9H,3,5,7H2,1-2H3,(H2,15,16,18,19). The first kappa shape index (κ1) is 13.8. The fraction of sp³-hybridized carbons (Fsp3) is 0.357. The molecule has 0 fully saturated rings. The normalized spacial score (nSPS) is 11.0. The van der Waals surface area contributed by atoms with Gasteiger partial charge in [0.1, 0.15) is 10.6 Å². The van der Waals surface area contributed by atoms with Crippen molar-refractivity contribution in [2.75, 3.05) is 24.2 Å². The zero-order valence-corrected chi connectivity index (χ0v) is 12.9. The van der Waals surface area contributed by atoms with E-state index < -0.39 is 0 Å². The molecule has 0 aromatic carbocycles. The topological polar surface area (TPSA) is 67.7 Å².